The van der Waals surface area contributed by atoms with Crippen molar-refractivity contribution in [2.24, 2.45) is 0 Å². The fourth-order valence-electron chi connectivity index (χ4n) is 4.00. The maximum atomic E-state index is 6.40. The maximum absolute atomic E-state index is 6.40. The Hall–Kier alpha value is -2.53. The summed E-state index contributed by atoms with van der Waals surface area (Å²) >= 11 is 6.40. The molecule has 0 bridgehead atoms. The summed E-state index contributed by atoms with van der Waals surface area (Å²) in [5.74, 6) is 2.49. The minimum absolute atomic E-state index is 0.0258. The highest BCUT2D eigenvalue weighted by Gasteiger charge is 2.26. The zero-order valence-electron chi connectivity index (χ0n) is 17.2. The van der Waals surface area contributed by atoms with Crippen LogP contribution in [-0.4, -0.2) is 38.2 Å². The minimum atomic E-state index is 0.0258. The number of hydrogen-bond donors (Lipinski definition) is 1. The van der Waals surface area contributed by atoms with E-state index in [1.54, 1.807) is 7.11 Å². The normalized spacial score (nSPS) is 15.9. The summed E-state index contributed by atoms with van der Waals surface area (Å²) in [5.41, 5.74) is 2.23. The van der Waals surface area contributed by atoms with Crippen LogP contribution in [0, 0.1) is 0 Å². The number of ether oxygens (including phenoxy) is 2. The number of nitrogens with one attached hydrogen (secondary N) is 1. The van der Waals surface area contributed by atoms with Crippen LogP contribution in [0.3, 0.4) is 0 Å². The number of benzene rings is 3. The van der Waals surface area contributed by atoms with Crippen molar-refractivity contribution >= 4 is 11.6 Å². The van der Waals surface area contributed by atoms with Crippen LogP contribution in [0.5, 0.6) is 17.2 Å². The highest BCUT2D eigenvalue weighted by molar-refractivity contribution is 6.30. The van der Waals surface area contributed by atoms with Crippen molar-refractivity contribution in [2.75, 3.05) is 33.3 Å². The van der Waals surface area contributed by atoms with Crippen molar-refractivity contribution in [2.45, 2.75) is 12.5 Å². The number of hydrogen-bond acceptors (Lipinski definition) is 4. The Morgan fingerprint density at radius 1 is 0.900 bits per heavy atom. The van der Waals surface area contributed by atoms with E-state index in [2.05, 4.69) is 22.3 Å². The summed E-state index contributed by atoms with van der Waals surface area (Å²) in [6.45, 7) is 3.94. The molecule has 4 nitrogen and oxygen atoms in total. The lowest BCUT2D eigenvalue weighted by Crippen LogP contribution is -2.33. The molecule has 1 aliphatic heterocycles. The second-order valence-electron chi connectivity index (χ2n) is 7.42. The zero-order valence-corrected chi connectivity index (χ0v) is 17.9. The Bertz CT molecular complexity index is 956. The molecule has 1 atom stereocenters. The van der Waals surface area contributed by atoms with Gasteiger partial charge in [-0.05, 0) is 61.0 Å². The van der Waals surface area contributed by atoms with Crippen LogP contribution >= 0.6 is 11.6 Å². The first-order valence-corrected chi connectivity index (χ1v) is 10.7. The van der Waals surface area contributed by atoms with Crippen molar-refractivity contribution in [3.05, 3.63) is 88.9 Å². The van der Waals surface area contributed by atoms with Crippen LogP contribution in [0.1, 0.15) is 23.6 Å². The van der Waals surface area contributed by atoms with E-state index in [0.717, 1.165) is 61.0 Å². The lowest BCUT2D eigenvalue weighted by Gasteiger charge is -2.32. The van der Waals surface area contributed by atoms with Crippen molar-refractivity contribution < 1.29 is 9.47 Å². The second kappa shape index (κ2) is 9.98. The Morgan fingerprint density at radius 3 is 2.57 bits per heavy atom. The van der Waals surface area contributed by atoms with Gasteiger partial charge >= 0.3 is 0 Å². The zero-order chi connectivity index (χ0) is 20.8. The summed E-state index contributed by atoms with van der Waals surface area (Å²) in [6.07, 6.45) is 1.10. The molecule has 1 heterocycles. The summed E-state index contributed by atoms with van der Waals surface area (Å²) in [5, 5.41) is 4.20. The predicted octanol–water partition coefficient (Wildman–Crippen LogP) is 5.53. The van der Waals surface area contributed by atoms with Crippen LogP contribution in [0.2, 0.25) is 5.02 Å². The Morgan fingerprint density at radius 2 is 1.73 bits per heavy atom. The van der Waals surface area contributed by atoms with Crippen LogP contribution in [0.25, 0.3) is 0 Å². The predicted molar refractivity (Wildman–Crippen MR) is 122 cm³/mol. The third-order valence-electron chi connectivity index (χ3n) is 5.38. The lowest BCUT2D eigenvalue weighted by atomic mass is 9.95. The fourth-order valence-corrected chi connectivity index (χ4v) is 4.18. The molecule has 4 rings (SSSR count). The summed E-state index contributed by atoms with van der Waals surface area (Å²) in [4.78, 5) is 2.50. The molecular weight excluding hydrogens is 396 g/mol. The van der Waals surface area contributed by atoms with E-state index in [1.165, 1.54) is 0 Å². The highest BCUT2D eigenvalue weighted by Crippen LogP contribution is 2.38. The van der Waals surface area contributed by atoms with Gasteiger partial charge in [-0.1, -0.05) is 41.9 Å². The van der Waals surface area contributed by atoms with E-state index >= 15 is 0 Å². The molecule has 30 heavy (non-hydrogen) atoms. The molecule has 3 aromatic rings. The lowest BCUT2D eigenvalue weighted by molar-refractivity contribution is 0.236. The first kappa shape index (κ1) is 20.7. The first-order valence-electron chi connectivity index (χ1n) is 10.4. The standard InChI is InChI=1S/C25H27ClN2O2/c1-29-24-12-11-20(26)18-23(24)25(28-15-6-13-27-14-16-28)19-7-5-10-22(17-19)30-21-8-3-2-4-9-21/h2-5,7-12,17-18,25,27H,6,13-16H2,1H3. The van der Waals surface area contributed by atoms with E-state index in [-0.39, 0.29) is 6.04 Å². The Balaban J connectivity index is 1.74. The molecule has 1 aliphatic rings. The van der Waals surface area contributed by atoms with Gasteiger partial charge in [-0.3, -0.25) is 4.90 Å². The molecule has 0 aromatic heterocycles. The van der Waals surface area contributed by atoms with Gasteiger partial charge in [-0.25, -0.2) is 0 Å². The molecule has 0 amide bonds. The third-order valence-corrected chi connectivity index (χ3v) is 5.61. The molecule has 0 saturated carbocycles. The van der Waals surface area contributed by atoms with E-state index in [1.807, 2.05) is 60.7 Å². The van der Waals surface area contributed by atoms with Crippen LogP contribution in [-0.2, 0) is 0 Å². The number of halogens is 1. The molecule has 0 radical (unpaired) electrons. The molecule has 1 N–H and O–H groups in total. The van der Waals surface area contributed by atoms with Gasteiger partial charge in [0.05, 0.1) is 13.2 Å². The second-order valence-corrected chi connectivity index (χ2v) is 7.85. The summed E-state index contributed by atoms with van der Waals surface area (Å²) in [7, 11) is 1.71. The van der Waals surface area contributed by atoms with E-state index in [0.29, 0.717) is 5.02 Å². The highest BCUT2D eigenvalue weighted by atomic mass is 35.5. The molecular formula is C25H27ClN2O2. The van der Waals surface area contributed by atoms with Crippen LogP contribution < -0.4 is 14.8 Å². The van der Waals surface area contributed by atoms with Gasteiger partial charge in [0.1, 0.15) is 17.2 Å². The number of para-hydroxylation sites is 1. The number of methoxy groups -OCH3 is 1. The van der Waals surface area contributed by atoms with Gasteiger partial charge in [-0.2, -0.15) is 0 Å². The van der Waals surface area contributed by atoms with Gasteiger partial charge < -0.3 is 14.8 Å². The fraction of sp³-hybridized carbons (Fsp3) is 0.280. The SMILES string of the molecule is COc1ccc(Cl)cc1C(c1cccc(Oc2ccccc2)c1)N1CCCNCC1. The van der Waals surface area contributed by atoms with Crippen molar-refractivity contribution in [1.82, 2.24) is 10.2 Å². The van der Waals surface area contributed by atoms with Gasteiger partial charge in [0.2, 0.25) is 0 Å². The van der Waals surface area contributed by atoms with Gasteiger partial charge in [-0.15, -0.1) is 0 Å². The molecule has 1 fully saturated rings. The molecule has 1 saturated heterocycles. The summed E-state index contributed by atoms with van der Waals surface area (Å²) < 4.78 is 11.8. The van der Waals surface area contributed by atoms with Crippen LogP contribution in [0.15, 0.2) is 72.8 Å². The maximum Gasteiger partial charge on any atom is 0.127 e. The molecule has 0 aliphatic carbocycles. The average molecular weight is 423 g/mol. The quantitative estimate of drug-likeness (QED) is 0.566. The molecule has 3 aromatic carbocycles. The largest absolute Gasteiger partial charge is 0.496 e. The smallest absolute Gasteiger partial charge is 0.127 e. The minimum Gasteiger partial charge on any atom is -0.496 e. The van der Waals surface area contributed by atoms with Gasteiger partial charge in [0.25, 0.3) is 0 Å². The van der Waals surface area contributed by atoms with Crippen molar-refractivity contribution in [1.29, 1.82) is 0 Å². The van der Waals surface area contributed by atoms with E-state index in [4.69, 9.17) is 21.1 Å². The first-order chi connectivity index (χ1) is 14.7. The summed E-state index contributed by atoms with van der Waals surface area (Å²) in [6, 6.07) is 24.1. The molecule has 1 unspecified atom stereocenters. The van der Waals surface area contributed by atoms with E-state index in [9.17, 15) is 0 Å². The monoisotopic (exact) mass is 422 g/mol. The van der Waals surface area contributed by atoms with Gasteiger partial charge in [0, 0.05) is 30.2 Å². The number of nitrogens with zero attached hydrogens (tertiary/aromatic N) is 1. The average Bonchev–Trinajstić information content (AvgIpc) is 3.05. The molecule has 5 heteroatoms. The molecule has 0 spiro atoms. The third kappa shape index (κ3) is 4.96. The molecule has 156 valence electrons. The van der Waals surface area contributed by atoms with Crippen LogP contribution in [0.4, 0.5) is 0 Å². The Labute approximate surface area is 183 Å². The van der Waals surface area contributed by atoms with Crippen molar-refractivity contribution in [3.63, 3.8) is 0 Å². The van der Waals surface area contributed by atoms with Gasteiger partial charge in [0.15, 0.2) is 0 Å². The van der Waals surface area contributed by atoms with Crippen molar-refractivity contribution in [3.8, 4) is 17.2 Å². The van der Waals surface area contributed by atoms with E-state index < -0.39 is 0 Å². The number of rotatable bonds is 6. The topological polar surface area (TPSA) is 33.7 Å². The Kier molecular flexibility index (Phi) is 6.90.